The van der Waals surface area contributed by atoms with E-state index in [1.54, 1.807) is 24.3 Å². The highest BCUT2D eigenvalue weighted by Gasteiger charge is 2.38. The molecule has 1 aliphatic rings. The third kappa shape index (κ3) is 2.24. The Kier molecular flexibility index (Phi) is 3.30. The second-order valence-electron chi connectivity index (χ2n) is 4.71. The van der Waals surface area contributed by atoms with Crippen LogP contribution in [-0.2, 0) is 16.8 Å². The zero-order valence-electron chi connectivity index (χ0n) is 11.1. The van der Waals surface area contributed by atoms with Crippen molar-refractivity contribution in [2.24, 2.45) is 0 Å². The summed E-state index contributed by atoms with van der Waals surface area (Å²) in [6.45, 7) is 0.0583. The normalized spacial score (nSPS) is 16.1. The van der Waals surface area contributed by atoms with Gasteiger partial charge in [0, 0.05) is 18.1 Å². The van der Waals surface area contributed by atoms with Crippen LogP contribution in [0.2, 0.25) is 5.02 Å². The fourth-order valence-electron chi connectivity index (χ4n) is 2.31. The van der Waals surface area contributed by atoms with Crippen LogP contribution in [0, 0.1) is 5.82 Å². The van der Waals surface area contributed by atoms with Crippen LogP contribution in [0.4, 0.5) is 15.8 Å². The van der Waals surface area contributed by atoms with Gasteiger partial charge in [0.05, 0.1) is 17.9 Å². The average Bonchev–Trinajstić information content (AvgIpc) is 2.62. The fourth-order valence-corrected chi connectivity index (χ4v) is 3.90. The van der Waals surface area contributed by atoms with E-state index in [1.165, 1.54) is 25.2 Å². The van der Waals surface area contributed by atoms with Crippen LogP contribution in [0.15, 0.2) is 42.5 Å². The van der Waals surface area contributed by atoms with Crippen molar-refractivity contribution in [2.45, 2.75) is 6.54 Å². The zero-order valence-corrected chi connectivity index (χ0v) is 12.7. The van der Waals surface area contributed by atoms with E-state index in [0.29, 0.717) is 22.0 Å². The third-order valence-electron chi connectivity index (χ3n) is 3.44. The SMILES string of the molecule is CN1c2ccc(F)cc2N(Cc2ccccc2Cl)S1(=O)=O. The first-order valence-corrected chi connectivity index (χ1v) is 7.98. The molecule has 4 nitrogen and oxygen atoms in total. The van der Waals surface area contributed by atoms with Gasteiger partial charge >= 0.3 is 10.2 Å². The molecule has 0 atom stereocenters. The number of benzene rings is 2. The standard InChI is InChI=1S/C14H12ClFN2O2S/c1-17-13-7-6-11(16)8-14(13)18(21(17,19)20)9-10-4-2-3-5-12(10)15/h2-8H,9H2,1H3. The number of nitrogens with zero attached hydrogens (tertiary/aromatic N) is 2. The van der Waals surface area contributed by atoms with Gasteiger partial charge in [-0.05, 0) is 23.8 Å². The Morgan fingerprint density at radius 3 is 2.57 bits per heavy atom. The Morgan fingerprint density at radius 2 is 1.86 bits per heavy atom. The number of hydrogen-bond acceptors (Lipinski definition) is 2. The lowest BCUT2D eigenvalue weighted by Crippen LogP contribution is -2.35. The smallest absolute Gasteiger partial charge is 0.254 e. The molecule has 2 aromatic carbocycles. The van der Waals surface area contributed by atoms with Crippen LogP contribution < -0.4 is 8.61 Å². The number of fused-ring (bicyclic) bond motifs is 1. The first-order valence-electron chi connectivity index (χ1n) is 6.21. The molecule has 2 aromatic rings. The molecule has 0 amide bonds. The lowest BCUT2D eigenvalue weighted by Gasteiger charge is -2.19. The molecule has 0 saturated carbocycles. The highest BCUT2D eigenvalue weighted by atomic mass is 35.5. The van der Waals surface area contributed by atoms with E-state index in [1.807, 2.05) is 0 Å². The molecule has 110 valence electrons. The van der Waals surface area contributed by atoms with Gasteiger partial charge in [-0.2, -0.15) is 8.42 Å². The van der Waals surface area contributed by atoms with E-state index in [0.717, 1.165) is 8.61 Å². The molecule has 7 heteroatoms. The number of halogens is 2. The molecule has 21 heavy (non-hydrogen) atoms. The van der Waals surface area contributed by atoms with Gasteiger partial charge in [-0.1, -0.05) is 29.8 Å². The van der Waals surface area contributed by atoms with Gasteiger partial charge < -0.3 is 0 Å². The minimum absolute atomic E-state index is 0.0583. The Hall–Kier alpha value is -1.79. The van der Waals surface area contributed by atoms with Crippen LogP contribution in [0.1, 0.15) is 5.56 Å². The Morgan fingerprint density at radius 1 is 1.14 bits per heavy atom. The van der Waals surface area contributed by atoms with Gasteiger partial charge in [-0.15, -0.1) is 0 Å². The van der Waals surface area contributed by atoms with Crippen molar-refractivity contribution in [3.63, 3.8) is 0 Å². The molecular weight excluding hydrogens is 315 g/mol. The summed E-state index contributed by atoms with van der Waals surface area (Å²) in [5.74, 6) is -0.483. The largest absolute Gasteiger partial charge is 0.326 e. The van der Waals surface area contributed by atoms with E-state index in [2.05, 4.69) is 0 Å². The van der Waals surface area contributed by atoms with E-state index >= 15 is 0 Å². The molecule has 0 fully saturated rings. The first-order chi connectivity index (χ1) is 9.91. The van der Waals surface area contributed by atoms with Crippen molar-refractivity contribution in [3.8, 4) is 0 Å². The lowest BCUT2D eigenvalue weighted by molar-refractivity contribution is 0.592. The summed E-state index contributed by atoms with van der Waals surface area (Å²) in [6.07, 6.45) is 0. The number of rotatable bonds is 2. The maximum absolute atomic E-state index is 13.5. The minimum atomic E-state index is -3.72. The summed E-state index contributed by atoms with van der Waals surface area (Å²) in [4.78, 5) is 0. The molecule has 0 N–H and O–H groups in total. The first kappa shape index (κ1) is 14.2. The van der Waals surface area contributed by atoms with Crippen LogP contribution >= 0.6 is 11.6 Å². The van der Waals surface area contributed by atoms with Crippen molar-refractivity contribution < 1.29 is 12.8 Å². The van der Waals surface area contributed by atoms with E-state index in [-0.39, 0.29) is 6.54 Å². The molecule has 1 aliphatic heterocycles. The van der Waals surface area contributed by atoms with Crippen LogP contribution in [-0.4, -0.2) is 15.5 Å². The molecule has 0 aliphatic carbocycles. The van der Waals surface area contributed by atoms with Crippen molar-refractivity contribution >= 4 is 33.2 Å². The second-order valence-corrected chi connectivity index (χ2v) is 7.00. The van der Waals surface area contributed by atoms with Crippen LogP contribution in [0.25, 0.3) is 0 Å². The molecule has 0 radical (unpaired) electrons. The van der Waals surface area contributed by atoms with Crippen molar-refractivity contribution in [1.82, 2.24) is 0 Å². The number of anilines is 2. The molecule has 0 bridgehead atoms. The molecule has 0 unspecified atom stereocenters. The van der Waals surface area contributed by atoms with E-state index < -0.39 is 16.0 Å². The molecule has 3 rings (SSSR count). The second kappa shape index (κ2) is 4.89. The minimum Gasteiger partial charge on any atom is -0.254 e. The average molecular weight is 327 g/mol. The summed E-state index contributed by atoms with van der Waals surface area (Å²) in [5, 5.41) is 0.472. The predicted octanol–water partition coefficient (Wildman–Crippen LogP) is 3.18. The monoisotopic (exact) mass is 326 g/mol. The Bertz CT molecular complexity index is 810. The van der Waals surface area contributed by atoms with Crippen LogP contribution in [0.3, 0.4) is 0 Å². The summed E-state index contributed by atoms with van der Waals surface area (Å²) in [5.41, 5.74) is 1.43. The molecule has 0 aromatic heterocycles. The predicted molar refractivity (Wildman–Crippen MR) is 81.4 cm³/mol. The number of hydrogen-bond donors (Lipinski definition) is 0. The Labute approximate surface area is 127 Å². The van der Waals surface area contributed by atoms with E-state index in [4.69, 9.17) is 11.6 Å². The third-order valence-corrected chi connectivity index (χ3v) is 5.58. The van der Waals surface area contributed by atoms with Crippen molar-refractivity contribution in [3.05, 3.63) is 58.9 Å². The molecule has 0 spiro atoms. The Balaban J connectivity index is 2.10. The van der Waals surface area contributed by atoms with Crippen LogP contribution in [0.5, 0.6) is 0 Å². The zero-order chi connectivity index (χ0) is 15.2. The maximum Gasteiger partial charge on any atom is 0.326 e. The quantitative estimate of drug-likeness (QED) is 0.850. The highest BCUT2D eigenvalue weighted by molar-refractivity contribution is 7.94. The van der Waals surface area contributed by atoms with Gasteiger partial charge in [-0.3, -0.25) is 4.31 Å². The summed E-state index contributed by atoms with van der Waals surface area (Å²) in [7, 11) is -2.27. The maximum atomic E-state index is 13.5. The van der Waals surface area contributed by atoms with E-state index in [9.17, 15) is 12.8 Å². The molecule has 0 saturated heterocycles. The fraction of sp³-hybridized carbons (Fsp3) is 0.143. The molecular formula is C14H12ClFN2O2S. The van der Waals surface area contributed by atoms with Gasteiger partial charge in [0.25, 0.3) is 0 Å². The van der Waals surface area contributed by atoms with Crippen molar-refractivity contribution in [2.75, 3.05) is 15.7 Å². The molecule has 1 heterocycles. The lowest BCUT2D eigenvalue weighted by atomic mass is 10.2. The van der Waals surface area contributed by atoms with Gasteiger partial charge in [0.2, 0.25) is 0 Å². The summed E-state index contributed by atoms with van der Waals surface area (Å²) in [6, 6.07) is 10.9. The summed E-state index contributed by atoms with van der Waals surface area (Å²) < 4.78 is 40.7. The van der Waals surface area contributed by atoms with Gasteiger partial charge in [-0.25, -0.2) is 8.70 Å². The van der Waals surface area contributed by atoms with Gasteiger partial charge in [0.1, 0.15) is 5.82 Å². The topological polar surface area (TPSA) is 40.6 Å². The summed E-state index contributed by atoms with van der Waals surface area (Å²) >= 11 is 6.08. The van der Waals surface area contributed by atoms with Crippen molar-refractivity contribution in [1.29, 1.82) is 0 Å². The van der Waals surface area contributed by atoms with Gasteiger partial charge in [0.15, 0.2) is 0 Å². The highest BCUT2D eigenvalue weighted by Crippen LogP contribution is 2.41.